The number of sulfonamides is 1. The Kier molecular flexibility index (Phi) is 4.69. The van der Waals surface area contributed by atoms with Crippen LogP contribution in [0.5, 0.6) is 0 Å². The van der Waals surface area contributed by atoms with Gasteiger partial charge in [-0.2, -0.15) is 4.31 Å². The number of hydrogen-bond acceptors (Lipinski definition) is 4. The van der Waals surface area contributed by atoms with Gasteiger partial charge in [-0.05, 0) is 57.1 Å². The van der Waals surface area contributed by atoms with Crippen LogP contribution >= 0.6 is 0 Å². The quantitative estimate of drug-likeness (QED) is 0.811. The van der Waals surface area contributed by atoms with Gasteiger partial charge in [0.2, 0.25) is 10.0 Å². The minimum absolute atomic E-state index is 0.244. The van der Waals surface area contributed by atoms with Gasteiger partial charge in [0.1, 0.15) is 6.10 Å². The monoisotopic (exact) mass is 378 g/mol. The van der Waals surface area contributed by atoms with E-state index in [1.165, 1.54) is 0 Å². The maximum atomic E-state index is 13.1. The Labute approximate surface area is 155 Å². The summed E-state index contributed by atoms with van der Waals surface area (Å²) in [6.07, 6.45) is 3.79. The molecule has 2 saturated heterocycles. The van der Waals surface area contributed by atoms with E-state index in [0.717, 1.165) is 50.8 Å². The van der Waals surface area contributed by atoms with Gasteiger partial charge in [-0.3, -0.25) is 0 Å². The summed E-state index contributed by atoms with van der Waals surface area (Å²) in [4.78, 5) is 14.4. The first-order valence-corrected chi connectivity index (χ1v) is 10.9. The van der Waals surface area contributed by atoms with Crippen molar-refractivity contribution in [1.82, 2.24) is 9.21 Å². The first-order chi connectivity index (χ1) is 12.4. The van der Waals surface area contributed by atoms with Crippen LogP contribution < -0.4 is 0 Å². The third-order valence-corrected chi connectivity index (χ3v) is 7.88. The fourth-order valence-electron chi connectivity index (χ4n) is 4.46. The minimum Gasteiger partial charge on any atom is -0.444 e. The summed E-state index contributed by atoms with van der Waals surface area (Å²) in [6, 6.07) is 6.72. The van der Waals surface area contributed by atoms with Crippen molar-refractivity contribution >= 4 is 16.1 Å². The first-order valence-electron chi connectivity index (χ1n) is 9.49. The highest BCUT2D eigenvalue weighted by molar-refractivity contribution is 7.89. The molecule has 0 N–H and O–H groups in total. The number of fused-ring (bicyclic) bond motifs is 2. The van der Waals surface area contributed by atoms with Gasteiger partial charge >= 0.3 is 6.09 Å². The number of benzene rings is 1. The third-order valence-electron chi connectivity index (χ3n) is 5.94. The molecule has 1 aliphatic carbocycles. The van der Waals surface area contributed by atoms with Crippen LogP contribution in [0, 0.1) is 12.8 Å². The topological polar surface area (TPSA) is 66.9 Å². The molecule has 6 nitrogen and oxygen atoms in total. The molecule has 1 aromatic carbocycles. The second kappa shape index (κ2) is 6.85. The number of hydrogen-bond donors (Lipinski definition) is 0. The number of rotatable bonds is 3. The average molecular weight is 378 g/mol. The predicted molar refractivity (Wildman–Crippen MR) is 97.3 cm³/mol. The van der Waals surface area contributed by atoms with Crippen LogP contribution in [0.15, 0.2) is 29.2 Å². The molecule has 1 aromatic rings. The van der Waals surface area contributed by atoms with Gasteiger partial charge in [0.05, 0.1) is 10.9 Å². The Balaban J connectivity index is 1.53. The van der Waals surface area contributed by atoms with Crippen LogP contribution in [0.1, 0.15) is 37.7 Å². The highest BCUT2D eigenvalue weighted by Gasteiger charge is 2.48. The van der Waals surface area contributed by atoms with Gasteiger partial charge in [0.25, 0.3) is 0 Å². The molecule has 4 rings (SSSR count). The van der Waals surface area contributed by atoms with Gasteiger partial charge < -0.3 is 9.64 Å². The molecular weight excluding hydrogens is 352 g/mol. The van der Waals surface area contributed by atoms with Crippen LogP contribution in [-0.2, 0) is 14.8 Å². The molecule has 1 amide bonds. The van der Waals surface area contributed by atoms with Gasteiger partial charge in [-0.25, -0.2) is 13.2 Å². The predicted octanol–water partition coefficient (Wildman–Crippen LogP) is 2.77. The van der Waals surface area contributed by atoms with E-state index in [1.807, 2.05) is 19.1 Å². The van der Waals surface area contributed by atoms with Gasteiger partial charge in [0.15, 0.2) is 0 Å². The molecule has 2 bridgehead atoms. The number of likely N-dealkylation sites (tertiary alicyclic amines) is 1. The van der Waals surface area contributed by atoms with Gasteiger partial charge in [0, 0.05) is 19.6 Å². The highest BCUT2D eigenvalue weighted by Crippen LogP contribution is 2.41. The largest absolute Gasteiger partial charge is 0.444 e. The van der Waals surface area contributed by atoms with E-state index in [4.69, 9.17) is 4.74 Å². The Hall–Kier alpha value is -1.60. The molecule has 0 spiro atoms. The zero-order chi connectivity index (χ0) is 18.3. The highest BCUT2D eigenvalue weighted by atomic mass is 32.2. The van der Waals surface area contributed by atoms with Crippen molar-refractivity contribution in [2.75, 3.05) is 19.6 Å². The van der Waals surface area contributed by atoms with E-state index < -0.39 is 10.0 Å². The molecule has 0 unspecified atom stereocenters. The van der Waals surface area contributed by atoms with E-state index in [-0.39, 0.29) is 18.2 Å². The third kappa shape index (κ3) is 3.22. The molecule has 0 radical (unpaired) electrons. The molecule has 0 aromatic heterocycles. The fraction of sp³-hybridized carbons (Fsp3) is 0.632. The average Bonchev–Trinajstić information content (AvgIpc) is 3.24. The van der Waals surface area contributed by atoms with Crippen molar-refractivity contribution < 1.29 is 17.9 Å². The fourth-order valence-corrected chi connectivity index (χ4v) is 6.14. The maximum absolute atomic E-state index is 13.1. The molecule has 3 atom stereocenters. The molecule has 3 aliphatic rings. The standard InChI is InChI=1S/C19H26N2O4S/c1-14-4-6-16(7-5-14)26(23,24)21-11-8-15-12-17(21)18(13-15)25-19(22)20-9-2-3-10-20/h4-7,15,17-18H,2-3,8-13H2,1H3/t15-,17+,18+/m0/s1. The SMILES string of the molecule is Cc1ccc(S(=O)(=O)N2CC[C@H]3C[C@@H]2[C@H](OC(=O)N2CCCC2)C3)cc1. The number of piperidine rings is 1. The lowest BCUT2D eigenvalue weighted by Gasteiger charge is -2.34. The zero-order valence-corrected chi connectivity index (χ0v) is 16.0. The van der Waals surface area contributed by atoms with Crippen LogP contribution in [0.25, 0.3) is 0 Å². The van der Waals surface area contributed by atoms with Crippen LogP contribution in [0.2, 0.25) is 0 Å². The Morgan fingerprint density at radius 3 is 2.46 bits per heavy atom. The molecule has 2 heterocycles. The summed E-state index contributed by atoms with van der Waals surface area (Å²) >= 11 is 0. The maximum Gasteiger partial charge on any atom is 0.410 e. The summed E-state index contributed by atoms with van der Waals surface area (Å²) < 4.78 is 33.6. The summed E-state index contributed by atoms with van der Waals surface area (Å²) in [5.74, 6) is 0.445. The summed E-state index contributed by atoms with van der Waals surface area (Å²) in [5.41, 5.74) is 1.03. The van der Waals surface area contributed by atoms with E-state index in [0.29, 0.717) is 17.4 Å². The lowest BCUT2D eigenvalue weighted by Crippen LogP contribution is -2.48. The van der Waals surface area contributed by atoms with Crippen molar-refractivity contribution in [3.05, 3.63) is 29.8 Å². The van der Waals surface area contributed by atoms with Crippen molar-refractivity contribution in [1.29, 1.82) is 0 Å². The molecule has 26 heavy (non-hydrogen) atoms. The number of carbonyl (C=O) groups excluding carboxylic acids is 1. The van der Waals surface area contributed by atoms with Crippen LogP contribution in [0.3, 0.4) is 0 Å². The molecular formula is C19H26N2O4S. The number of amides is 1. The number of ether oxygens (including phenoxy) is 1. The van der Waals surface area contributed by atoms with E-state index in [9.17, 15) is 13.2 Å². The Bertz CT molecular complexity index is 771. The smallest absolute Gasteiger partial charge is 0.410 e. The molecule has 7 heteroatoms. The van der Waals surface area contributed by atoms with E-state index in [1.54, 1.807) is 21.3 Å². The Morgan fingerprint density at radius 1 is 1.08 bits per heavy atom. The first kappa shape index (κ1) is 17.8. The molecule has 142 valence electrons. The van der Waals surface area contributed by atoms with Crippen LogP contribution in [0.4, 0.5) is 4.79 Å². The Morgan fingerprint density at radius 2 is 1.77 bits per heavy atom. The number of carbonyl (C=O) groups is 1. The summed E-state index contributed by atoms with van der Waals surface area (Å²) in [5, 5.41) is 0. The van der Waals surface area contributed by atoms with Crippen molar-refractivity contribution in [3.63, 3.8) is 0 Å². The molecule has 2 aliphatic heterocycles. The minimum atomic E-state index is -3.57. The van der Waals surface area contributed by atoms with Gasteiger partial charge in [-0.15, -0.1) is 0 Å². The zero-order valence-electron chi connectivity index (χ0n) is 15.1. The number of aryl methyl sites for hydroxylation is 1. The lowest BCUT2D eigenvalue weighted by molar-refractivity contribution is 0.0470. The molecule has 1 saturated carbocycles. The lowest BCUT2D eigenvalue weighted by atomic mass is 10.0. The van der Waals surface area contributed by atoms with Crippen molar-refractivity contribution in [2.24, 2.45) is 5.92 Å². The normalized spacial score (nSPS) is 29.1. The summed E-state index contributed by atoms with van der Waals surface area (Å²) in [6.45, 7) is 3.92. The van der Waals surface area contributed by atoms with Crippen LogP contribution in [-0.4, -0.2) is 55.5 Å². The summed E-state index contributed by atoms with van der Waals surface area (Å²) in [7, 11) is -3.57. The van der Waals surface area contributed by atoms with E-state index >= 15 is 0 Å². The van der Waals surface area contributed by atoms with Gasteiger partial charge in [-0.1, -0.05) is 17.7 Å². The second-order valence-electron chi connectivity index (χ2n) is 7.74. The number of nitrogens with zero attached hydrogens (tertiary/aromatic N) is 2. The van der Waals surface area contributed by atoms with E-state index in [2.05, 4.69) is 0 Å². The second-order valence-corrected chi connectivity index (χ2v) is 9.63. The van der Waals surface area contributed by atoms with Crippen molar-refractivity contribution in [2.45, 2.75) is 56.1 Å². The van der Waals surface area contributed by atoms with Crippen molar-refractivity contribution in [3.8, 4) is 0 Å². The molecule has 3 fully saturated rings.